The molecule has 3 rings (SSSR count). The van der Waals surface area contributed by atoms with Gasteiger partial charge in [0.2, 0.25) is 0 Å². The smallest absolute Gasteiger partial charge is 0.290 e. The Balaban J connectivity index is 1.81. The van der Waals surface area contributed by atoms with Gasteiger partial charge >= 0.3 is 0 Å². The predicted molar refractivity (Wildman–Crippen MR) is 86.4 cm³/mol. The summed E-state index contributed by atoms with van der Waals surface area (Å²) < 4.78 is 1.74. The van der Waals surface area contributed by atoms with E-state index in [1.807, 2.05) is 30.3 Å². The molecule has 1 aromatic carbocycles. The molecular formula is C16H13ClN4O. The Hall–Kier alpha value is -2.66. The van der Waals surface area contributed by atoms with Gasteiger partial charge in [0.15, 0.2) is 0 Å². The molecule has 0 atom stereocenters. The molecule has 0 radical (unpaired) electrons. The number of nitrogens with one attached hydrogen (secondary N) is 1. The molecule has 1 N–H and O–H groups in total. The average Bonchev–Trinajstić information content (AvgIpc) is 2.83. The lowest BCUT2D eigenvalue weighted by atomic mass is 10.2. The SMILES string of the molecule is Cc1nc2ccccn2c1C(=O)N/N=C\c1cccc(Cl)c1. The summed E-state index contributed by atoms with van der Waals surface area (Å²) in [5, 5.41) is 4.58. The number of pyridine rings is 1. The van der Waals surface area contributed by atoms with Gasteiger partial charge < -0.3 is 0 Å². The van der Waals surface area contributed by atoms with E-state index in [1.54, 1.807) is 35.9 Å². The van der Waals surface area contributed by atoms with Crippen LogP contribution < -0.4 is 5.43 Å². The second-order valence-electron chi connectivity index (χ2n) is 4.73. The minimum absolute atomic E-state index is 0.311. The Morgan fingerprint density at radius 3 is 3.00 bits per heavy atom. The minimum atomic E-state index is -0.311. The van der Waals surface area contributed by atoms with E-state index in [1.165, 1.54) is 0 Å². The van der Waals surface area contributed by atoms with Crippen molar-refractivity contribution in [1.29, 1.82) is 0 Å². The van der Waals surface area contributed by atoms with Crippen LogP contribution in [0.4, 0.5) is 0 Å². The highest BCUT2D eigenvalue weighted by Gasteiger charge is 2.15. The quantitative estimate of drug-likeness (QED) is 0.597. The number of benzene rings is 1. The van der Waals surface area contributed by atoms with E-state index in [0.717, 1.165) is 11.2 Å². The molecule has 0 saturated carbocycles. The topological polar surface area (TPSA) is 58.8 Å². The fourth-order valence-corrected chi connectivity index (χ4v) is 2.39. The number of rotatable bonds is 3. The van der Waals surface area contributed by atoms with Gasteiger partial charge in [-0.3, -0.25) is 9.20 Å². The first-order valence-corrected chi connectivity index (χ1v) is 7.05. The number of halogens is 1. The van der Waals surface area contributed by atoms with Crippen LogP contribution in [-0.2, 0) is 0 Å². The maximum atomic E-state index is 12.3. The maximum absolute atomic E-state index is 12.3. The molecule has 0 spiro atoms. The van der Waals surface area contributed by atoms with E-state index in [9.17, 15) is 4.79 Å². The summed E-state index contributed by atoms with van der Waals surface area (Å²) in [6, 6.07) is 12.8. The number of fused-ring (bicyclic) bond motifs is 1. The summed E-state index contributed by atoms with van der Waals surface area (Å²) in [6.45, 7) is 1.79. The number of nitrogens with zero attached hydrogens (tertiary/aromatic N) is 3. The van der Waals surface area contributed by atoms with Crippen molar-refractivity contribution in [2.24, 2.45) is 5.10 Å². The number of hydrazone groups is 1. The highest BCUT2D eigenvalue weighted by atomic mass is 35.5. The van der Waals surface area contributed by atoms with E-state index in [0.29, 0.717) is 16.4 Å². The predicted octanol–water partition coefficient (Wildman–Crippen LogP) is 3.06. The van der Waals surface area contributed by atoms with Crippen LogP contribution in [0.1, 0.15) is 21.7 Å². The van der Waals surface area contributed by atoms with Crippen LogP contribution in [0.2, 0.25) is 5.02 Å². The van der Waals surface area contributed by atoms with Gasteiger partial charge in [-0.05, 0) is 36.8 Å². The number of carbonyl (C=O) groups excluding carboxylic acids is 1. The Labute approximate surface area is 132 Å². The van der Waals surface area contributed by atoms with Gasteiger partial charge in [-0.1, -0.05) is 29.8 Å². The van der Waals surface area contributed by atoms with Crippen molar-refractivity contribution in [3.05, 3.63) is 70.6 Å². The van der Waals surface area contributed by atoms with E-state index in [2.05, 4.69) is 15.5 Å². The van der Waals surface area contributed by atoms with Crippen molar-refractivity contribution >= 4 is 29.4 Å². The van der Waals surface area contributed by atoms with Crippen molar-refractivity contribution in [3.63, 3.8) is 0 Å². The molecule has 22 heavy (non-hydrogen) atoms. The molecule has 0 saturated heterocycles. The van der Waals surface area contributed by atoms with Crippen molar-refractivity contribution in [2.45, 2.75) is 6.92 Å². The van der Waals surface area contributed by atoms with Crippen molar-refractivity contribution < 1.29 is 4.79 Å². The van der Waals surface area contributed by atoms with Crippen molar-refractivity contribution in [1.82, 2.24) is 14.8 Å². The van der Waals surface area contributed by atoms with E-state index < -0.39 is 0 Å². The Bertz CT molecular complexity index is 869. The molecule has 0 unspecified atom stereocenters. The molecule has 3 aromatic rings. The lowest BCUT2D eigenvalue weighted by molar-refractivity contribution is 0.0948. The fourth-order valence-electron chi connectivity index (χ4n) is 2.19. The Kier molecular flexibility index (Phi) is 3.89. The normalized spacial score (nSPS) is 11.2. The molecule has 0 aliphatic rings. The lowest BCUT2D eigenvalue weighted by Crippen LogP contribution is -2.20. The number of hydrogen-bond acceptors (Lipinski definition) is 3. The summed E-state index contributed by atoms with van der Waals surface area (Å²) in [5.74, 6) is -0.311. The van der Waals surface area contributed by atoms with Crippen molar-refractivity contribution in [2.75, 3.05) is 0 Å². The van der Waals surface area contributed by atoms with Crippen LogP contribution in [0, 0.1) is 6.92 Å². The maximum Gasteiger partial charge on any atom is 0.290 e. The van der Waals surface area contributed by atoms with Gasteiger partial charge in [0.1, 0.15) is 11.3 Å². The average molecular weight is 313 g/mol. The van der Waals surface area contributed by atoms with Crippen LogP contribution in [-0.4, -0.2) is 21.5 Å². The summed E-state index contributed by atoms with van der Waals surface area (Å²) in [4.78, 5) is 16.6. The number of imidazole rings is 1. The molecule has 0 fully saturated rings. The first-order valence-electron chi connectivity index (χ1n) is 6.68. The molecule has 0 aliphatic carbocycles. The number of hydrogen-bond donors (Lipinski definition) is 1. The Morgan fingerprint density at radius 1 is 1.32 bits per heavy atom. The van der Waals surface area contributed by atoms with E-state index in [4.69, 9.17) is 11.6 Å². The first kappa shape index (κ1) is 14.3. The number of aromatic nitrogens is 2. The van der Waals surface area contributed by atoms with Crippen LogP contribution in [0.25, 0.3) is 5.65 Å². The lowest BCUT2D eigenvalue weighted by Gasteiger charge is -2.01. The van der Waals surface area contributed by atoms with Gasteiger partial charge in [-0.2, -0.15) is 5.10 Å². The number of amides is 1. The van der Waals surface area contributed by atoms with Crippen LogP contribution in [0.5, 0.6) is 0 Å². The second-order valence-corrected chi connectivity index (χ2v) is 5.17. The van der Waals surface area contributed by atoms with Gasteiger partial charge in [0, 0.05) is 11.2 Å². The summed E-state index contributed by atoms with van der Waals surface area (Å²) in [7, 11) is 0. The standard InChI is InChI=1S/C16H13ClN4O/c1-11-15(21-8-3-2-7-14(21)19-11)16(22)20-18-10-12-5-4-6-13(17)9-12/h2-10H,1H3,(H,20,22)/b18-10-. The Morgan fingerprint density at radius 2 is 2.18 bits per heavy atom. The molecule has 2 aromatic heterocycles. The van der Waals surface area contributed by atoms with Gasteiger partial charge in [0.25, 0.3) is 5.91 Å². The molecule has 0 bridgehead atoms. The number of carbonyl (C=O) groups is 1. The van der Waals surface area contributed by atoms with Gasteiger partial charge in [0.05, 0.1) is 11.9 Å². The molecule has 2 heterocycles. The highest BCUT2D eigenvalue weighted by Crippen LogP contribution is 2.11. The zero-order valence-electron chi connectivity index (χ0n) is 11.8. The van der Waals surface area contributed by atoms with Crippen LogP contribution in [0.15, 0.2) is 53.8 Å². The third kappa shape index (κ3) is 2.84. The summed E-state index contributed by atoms with van der Waals surface area (Å²) >= 11 is 5.89. The minimum Gasteiger partial charge on any atom is -0.295 e. The summed E-state index contributed by atoms with van der Waals surface area (Å²) in [5.41, 5.74) is 5.17. The largest absolute Gasteiger partial charge is 0.295 e. The second kappa shape index (κ2) is 5.99. The van der Waals surface area contributed by atoms with Crippen LogP contribution >= 0.6 is 11.6 Å². The van der Waals surface area contributed by atoms with Crippen LogP contribution in [0.3, 0.4) is 0 Å². The molecule has 5 nitrogen and oxygen atoms in total. The molecule has 1 amide bonds. The first-order chi connectivity index (χ1) is 10.6. The molecule has 0 aliphatic heterocycles. The third-order valence-corrected chi connectivity index (χ3v) is 3.38. The zero-order valence-corrected chi connectivity index (χ0v) is 12.6. The number of aryl methyl sites for hydroxylation is 1. The van der Waals surface area contributed by atoms with E-state index in [-0.39, 0.29) is 5.91 Å². The molecular weight excluding hydrogens is 300 g/mol. The monoisotopic (exact) mass is 312 g/mol. The zero-order chi connectivity index (χ0) is 15.5. The third-order valence-electron chi connectivity index (χ3n) is 3.15. The van der Waals surface area contributed by atoms with Gasteiger partial charge in [-0.25, -0.2) is 10.4 Å². The molecule has 6 heteroatoms. The van der Waals surface area contributed by atoms with Crippen molar-refractivity contribution in [3.8, 4) is 0 Å². The van der Waals surface area contributed by atoms with E-state index >= 15 is 0 Å². The molecule has 110 valence electrons. The summed E-state index contributed by atoms with van der Waals surface area (Å²) in [6.07, 6.45) is 3.34. The van der Waals surface area contributed by atoms with Gasteiger partial charge in [-0.15, -0.1) is 0 Å². The highest BCUT2D eigenvalue weighted by molar-refractivity contribution is 6.30. The fraction of sp³-hybridized carbons (Fsp3) is 0.0625.